The number of benzene rings is 2. The Labute approximate surface area is 154 Å². The highest BCUT2D eigenvalue weighted by atomic mass is 35.5. The van der Waals surface area contributed by atoms with Crippen molar-refractivity contribution >= 4 is 46.2 Å². The number of nitro benzene ring substituents is 1. The van der Waals surface area contributed by atoms with Crippen LogP contribution in [0.25, 0.3) is 4.85 Å². The highest BCUT2D eigenvalue weighted by molar-refractivity contribution is 6.47. The van der Waals surface area contributed by atoms with Crippen LogP contribution in [0.3, 0.4) is 0 Å². The topological polar surface area (TPSA) is 71.3 Å². The van der Waals surface area contributed by atoms with Crippen molar-refractivity contribution in [1.82, 2.24) is 0 Å². The van der Waals surface area contributed by atoms with E-state index >= 15 is 0 Å². The number of hydrogen-bond donors (Lipinski definition) is 0. The van der Waals surface area contributed by atoms with E-state index in [1.165, 1.54) is 0 Å². The van der Waals surface area contributed by atoms with Crippen molar-refractivity contribution in [2.45, 2.75) is 6.42 Å². The summed E-state index contributed by atoms with van der Waals surface area (Å²) in [5.41, 5.74) is -1.90. The van der Waals surface area contributed by atoms with Crippen molar-refractivity contribution in [3.05, 3.63) is 77.1 Å². The number of rotatable bonds is 3. The Morgan fingerprint density at radius 3 is 2.16 bits per heavy atom. The molecule has 25 heavy (non-hydrogen) atoms. The number of hydrogen-bond acceptors (Lipinski definition) is 3. The summed E-state index contributed by atoms with van der Waals surface area (Å²) in [4.78, 5) is 12.8. The summed E-state index contributed by atoms with van der Waals surface area (Å²) in [5.74, 6) is -2.37. The Morgan fingerprint density at radius 2 is 1.72 bits per heavy atom. The van der Waals surface area contributed by atoms with Crippen LogP contribution in [0.4, 0.5) is 20.2 Å². The van der Waals surface area contributed by atoms with Crippen LogP contribution in [0.5, 0.6) is 0 Å². The molecule has 0 heterocycles. The minimum atomic E-state index is -1.19. The molecule has 0 aromatic heterocycles. The maximum atomic E-state index is 14.1. The van der Waals surface area contributed by atoms with Gasteiger partial charge in [0, 0.05) is 12.0 Å². The summed E-state index contributed by atoms with van der Waals surface area (Å²) in [6, 6.07) is 2.83. The summed E-state index contributed by atoms with van der Waals surface area (Å²) in [6.07, 6.45) is -0.533. The molecule has 126 valence electrons. The van der Waals surface area contributed by atoms with Gasteiger partial charge in [0.15, 0.2) is 0 Å². The van der Waals surface area contributed by atoms with Crippen LogP contribution in [0, 0.1) is 39.7 Å². The first-order valence-electron chi connectivity index (χ1n) is 6.32. The molecule has 0 fully saturated rings. The molecule has 0 aliphatic rings. The average Bonchev–Trinajstić information content (AvgIpc) is 2.55. The van der Waals surface area contributed by atoms with E-state index in [4.69, 9.17) is 41.4 Å². The fourth-order valence-corrected chi connectivity index (χ4v) is 2.96. The Hall–Kier alpha value is -2.45. The van der Waals surface area contributed by atoms with E-state index < -0.39 is 34.2 Å². The van der Waals surface area contributed by atoms with Crippen molar-refractivity contribution in [2.24, 2.45) is 0 Å². The molecule has 2 aromatic rings. The molecule has 0 radical (unpaired) electrons. The van der Waals surface area contributed by atoms with Crippen molar-refractivity contribution in [3.63, 3.8) is 0 Å². The maximum Gasteiger partial charge on any atom is 0.275 e. The molecule has 0 N–H and O–H groups in total. The first kappa shape index (κ1) is 18.9. The number of non-ortho nitro benzene ring substituents is 1. The van der Waals surface area contributed by atoms with Gasteiger partial charge in [-0.25, -0.2) is 13.6 Å². The minimum absolute atomic E-state index is 0.0850. The molecular formula is C15H4Cl3F2N3O2. The van der Waals surface area contributed by atoms with Gasteiger partial charge in [0.25, 0.3) is 5.69 Å². The fourth-order valence-electron chi connectivity index (χ4n) is 2.11. The largest absolute Gasteiger partial charge is 0.275 e. The van der Waals surface area contributed by atoms with Crippen LogP contribution < -0.4 is 0 Å². The predicted octanol–water partition coefficient (Wildman–Crippen LogP) is 5.85. The predicted molar refractivity (Wildman–Crippen MR) is 88.3 cm³/mol. The summed E-state index contributed by atoms with van der Waals surface area (Å²) >= 11 is 17.9. The van der Waals surface area contributed by atoms with E-state index in [9.17, 15) is 24.2 Å². The lowest BCUT2D eigenvalue weighted by Crippen LogP contribution is -2.03. The zero-order valence-corrected chi connectivity index (χ0v) is 14.2. The molecular weight excluding hydrogens is 399 g/mol. The zero-order valence-electron chi connectivity index (χ0n) is 11.9. The molecule has 2 rings (SSSR count). The SMILES string of the molecule is [C-]#[N+]c1c(Cl)c(Cl)c(Cc2c(F)cc([N+](=O)[O-])cc2F)c(C#N)c1Cl. The molecule has 0 spiro atoms. The lowest BCUT2D eigenvalue weighted by molar-refractivity contribution is -0.385. The molecule has 0 unspecified atom stereocenters. The van der Waals surface area contributed by atoms with Crippen LogP contribution in [0.2, 0.25) is 15.1 Å². The van der Waals surface area contributed by atoms with E-state index in [0.29, 0.717) is 12.1 Å². The number of nitrogens with zero attached hydrogens (tertiary/aromatic N) is 3. The molecule has 5 nitrogen and oxygen atoms in total. The maximum absolute atomic E-state index is 14.1. The van der Waals surface area contributed by atoms with Crippen LogP contribution in [0.1, 0.15) is 16.7 Å². The van der Waals surface area contributed by atoms with E-state index in [0.717, 1.165) is 0 Å². The lowest BCUT2D eigenvalue weighted by atomic mass is 9.98. The summed E-state index contributed by atoms with van der Waals surface area (Å²) in [5, 5.41) is 19.1. The molecule has 0 saturated carbocycles. The first-order chi connectivity index (χ1) is 11.7. The normalized spacial score (nSPS) is 10.2. The highest BCUT2D eigenvalue weighted by Crippen LogP contribution is 2.44. The van der Waals surface area contributed by atoms with Crippen molar-refractivity contribution in [1.29, 1.82) is 5.26 Å². The quantitative estimate of drug-likeness (QED) is 0.280. The Balaban J connectivity index is 2.69. The van der Waals surface area contributed by atoms with Gasteiger partial charge in [-0.15, -0.1) is 0 Å². The second-order valence-corrected chi connectivity index (χ2v) is 5.82. The van der Waals surface area contributed by atoms with E-state index in [-0.39, 0.29) is 31.9 Å². The summed E-state index contributed by atoms with van der Waals surface area (Å²) in [7, 11) is 0. The standard InChI is InChI=1S/C15H4Cl3F2N3O2/c1-22-15-13(17)9(5-21)7(12(16)14(15)18)4-8-10(19)2-6(23(24)25)3-11(8)20/h2-3H,4H2. The highest BCUT2D eigenvalue weighted by Gasteiger charge is 2.24. The Morgan fingerprint density at radius 1 is 1.16 bits per heavy atom. The van der Waals surface area contributed by atoms with Crippen LogP contribution in [-0.4, -0.2) is 4.92 Å². The monoisotopic (exact) mass is 401 g/mol. The molecule has 0 aliphatic heterocycles. The van der Waals surface area contributed by atoms with Gasteiger partial charge in [-0.05, 0) is 5.56 Å². The van der Waals surface area contributed by atoms with Crippen LogP contribution in [0.15, 0.2) is 12.1 Å². The molecule has 0 bridgehead atoms. The van der Waals surface area contributed by atoms with Gasteiger partial charge >= 0.3 is 0 Å². The first-order valence-corrected chi connectivity index (χ1v) is 7.45. The second-order valence-electron chi connectivity index (χ2n) is 4.69. The van der Waals surface area contributed by atoms with Crippen molar-refractivity contribution in [3.8, 4) is 6.07 Å². The lowest BCUT2D eigenvalue weighted by Gasteiger charge is -2.13. The van der Waals surface area contributed by atoms with Crippen LogP contribution in [-0.2, 0) is 6.42 Å². The zero-order chi connectivity index (χ0) is 18.9. The third-order valence-electron chi connectivity index (χ3n) is 3.31. The second kappa shape index (κ2) is 7.20. The minimum Gasteiger partial charge on any atom is -0.258 e. The molecule has 0 amide bonds. The van der Waals surface area contributed by atoms with Gasteiger partial charge in [-0.2, -0.15) is 5.26 Å². The molecule has 10 heteroatoms. The van der Waals surface area contributed by atoms with E-state index in [1.54, 1.807) is 6.07 Å². The third kappa shape index (κ3) is 3.35. The Bertz CT molecular complexity index is 974. The average molecular weight is 403 g/mol. The smallest absolute Gasteiger partial charge is 0.258 e. The molecule has 0 atom stereocenters. The van der Waals surface area contributed by atoms with Crippen molar-refractivity contribution < 1.29 is 13.7 Å². The van der Waals surface area contributed by atoms with Crippen molar-refractivity contribution in [2.75, 3.05) is 0 Å². The molecule has 2 aromatic carbocycles. The fraction of sp³-hybridized carbons (Fsp3) is 0.0667. The summed E-state index contributed by atoms with van der Waals surface area (Å²) in [6.45, 7) is 7.02. The number of halogens is 5. The van der Waals surface area contributed by atoms with Gasteiger partial charge in [-0.3, -0.25) is 10.1 Å². The van der Waals surface area contributed by atoms with Crippen LogP contribution >= 0.6 is 34.8 Å². The summed E-state index contributed by atoms with van der Waals surface area (Å²) < 4.78 is 28.2. The van der Waals surface area contributed by atoms with Gasteiger partial charge in [0.05, 0.1) is 50.3 Å². The van der Waals surface area contributed by atoms with Gasteiger partial charge in [-0.1, -0.05) is 34.8 Å². The Kier molecular flexibility index (Phi) is 5.44. The van der Waals surface area contributed by atoms with Gasteiger partial charge < -0.3 is 0 Å². The van der Waals surface area contributed by atoms with E-state index in [2.05, 4.69) is 4.85 Å². The number of nitriles is 1. The van der Waals surface area contributed by atoms with Gasteiger partial charge in [0.2, 0.25) is 5.69 Å². The third-order valence-corrected chi connectivity index (χ3v) is 4.56. The molecule has 0 aliphatic carbocycles. The van der Waals surface area contributed by atoms with E-state index in [1.807, 2.05) is 0 Å². The van der Waals surface area contributed by atoms with Gasteiger partial charge in [0.1, 0.15) is 11.6 Å². The molecule has 0 saturated heterocycles. The number of nitro groups is 1.